The molecule has 0 aliphatic carbocycles. The van der Waals surface area contributed by atoms with Gasteiger partial charge in [-0.3, -0.25) is 14.3 Å². The summed E-state index contributed by atoms with van der Waals surface area (Å²) < 4.78 is 34.8. The predicted octanol–water partition coefficient (Wildman–Crippen LogP) is -0.257. The highest BCUT2D eigenvalue weighted by molar-refractivity contribution is 7.80. The van der Waals surface area contributed by atoms with Gasteiger partial charge in [0, 0.05) is 25.5 Å². The van der Waals surface area contributed by atoms with Gasteiger partial charge >= 0.3 is 16.4 Å². The molecule has 1 aromatic rings. The number of nitrogens with one attached hydrogen (secondary N) is 1. The van der Waals surface area contributed by atoms with Gasteiger partial charge < -0.3 is 10.2 Å². The van der Waals surface area contributed by atoms with Crippen molar-refractivity contribution in [2.24, 2.45) is 0 Å². The van der Waals surface area contributed by atoms with Gasteiger partial charge in [0.05, 0.1) is 6.04 Å². The molecule has 0 aromatic carbocycles. The van der Waals surface area contributed by atoms with Crippen molar-refractivity contribution in [3.05, 3.63) is 30.1 Å². The van der Waals surface area contributed by atoms with E-state index in [4.69, 9.17) is 4.55 Å². The second-order valence-corrected chi connectivity index (χ2v) is 6.91. The maximum absolute atomic E-state index is 12.4. The van der Waals surface area contributed by atoms with Crippen molar-refractivity contribution in [2.75, 3.05) is 13.1 Å². The molecule has 1 aromatic heterocycles. The maximum atomic E-state index is 12.4. The van der Waals surface area contributed by atoms with Gasteiger partial charge in [0.2, 0.25) is 5.91 Å². The summed E-state index contributed by atoms with van der Waals surface area (Å²) in [6.45, 7) is 0.590. The Morgan fingerprint density at radius 3 is 2.76 bits per heavy atom. The van der Waals surface area contributed by atoms with Gasteiger partial charge in [0.15, 0.2) is 0 Å². The Kier molecular flexibility index (Phi) is 4.88. The number of hydroxylamine groups is 2. The number of nitrogens with zero attached hydrogens (tertiary/aromatic N) is 3. The van der Waals surface area contributed by atoms with Crippen LogP contribution in [0.3, 0.4) is 0 Å². The Bertz CT molecular complexity index is 756. The van der Waals surface area contributed by atoms with Crippen LogP contribution in [0.1, 0.15) is 18.4 Å². The molecule has 3 rings (SSSR count). The van der Waals surface area contributed by atoms with Crippen molar-refractivity contribution >= 4 is 22.3 Å². The topological polar surface area (TPSA) is 129 Å². The van der Waals surface area contributed by atoms with Crippen LogP contribution in [0.15, 0.2) is 24.5 Å². The molecule has 11 heteroatoms. The smallest absolute Gasteiger partial charge is 0.354 e. The summed E-state index contributed by atoms with van der Waals surface area (Å²) >= 11 is 0. The first-order valence-electron chi connectivity index (χ1n) is 7.78. The average Bonchev–Trinajstić information content (AvgIpc) is 2.79. The Balaban J connectivity index is 1.57. The first kappa shape index (κ1) is 17.6. The molecular weight excluding hydrogens is 352 g/mol. The second-order valence-electron chi connectivity index (χ2n) is 5.91. The average molecular weight is 370 g/mol. The molecule has 0 spiro atoms. The Morgan fingerprint density at radius 2 is 2.08 bits per heavy atom. The lowest BCUT2D eigenvalue weighted by molar-refractivity contribution is -0.126. The number of fused-ring (bicyclic) bond motifs is 2. The third-order valence-electron chi connectivity index (χ3n) is 4.26. The van der Waals surface area contributed by atoms with E-state index < -0.39 is 28.5 Å². The molecular formula is C14H18N4O6S. The van der Waals surface area contributed by atoms with E-state index >= 15 is 0 Å². The number of carbonyl (C=O) groups is 2. The minimum Gasteiger partial charge on any atom is -0.354 e. The second kappa shape index (κ2) is 6.94. The molecule has 25 heavy (non-hydrogen) atoms. The normalized spacial score (nSPS) is 23.0. The zero-order valence-corrected chi connectivity index (χ0v) is 14.1. The highest BCUT2D eigenvalue weighted by Gasteiger charge is 2.49. The molecule has 2 fully saturated rings. The zero-order valence-electron chi connectivity index (χ0n) is 13.2. The number of piperidine rings is 1. The van der Waals surface area contributed by atoms with Crippen molar-refractivity contribution in [1.29, 1.82) is 0 Å². The highest BCUT2D eigenvalue weighted by atomic mass is 32.3. The van der Waals surface area contributed by atoms with Gasteiger partial charge in [-0.05, 0) is 37.0 Å². The van der Waals surface area contributed by atoms with Crippen molar-refractivity contribution in [3.63, 3.8) is 0 Å². The summed E-state index contributed by atoms with van der Waals surface area (Å²) in [7, 11) is -4.79. The summed E-state index contributed by atoms with van der Waals surface area (Å²) in [5.74, 6) is -0.297. The first-order valence-corrected chi connectivity index (χ1v) is 9.15. The molecule has 2 aliphatic heterocycles. The van der Waals surface area contributed by atoms with Crippen LogP contribution in [0.5, 0.6) is 0 Å². The Hall–Kier alpha value is -2.24. The van der Waals surface area contributed by atoms with E-state index in [2.05, 4.69) is 14.6 Å². The molecule has 2 atom stereocenters. The van der Waals surface area contributed by atoms with Crippen LogP contribution in [0.25, 0.3) is 0 Å². The summed E-state index contributed by atoms with van der Waals surface area (Å²) in [6, 6.07) is 1.78. The van der Waals surface area contributed by atoms with Gasteiger partial charge in [0.25, 0.3) is 0 Å². The van der Waals surface area contributed by atoms with E-state index in [-0.39, 0.29) is 12.5 Å². The van der Waals surface area contributed by atoms with Crippen molar-refractivity contribution in [3.8, 4) is 0 Å². The minimum absolute atomic E-state index is 0.177. The van der Waals surface area contributed by atoms with Gasteiger partial charge in [-0.2, -0.15) is 13.5 Å². The zero-order chi connectivity index (χ0) is 18.0. The van der Waals surface area contributed by atoms with Crippen molar-refractivity contribution < 1.29 is 26.8 Å². The third kappa shape index (κ3) is 4.06. The number of hydrogen-bond donors (Lipinski definition) is 2. The molecule has 2 unspecified atom stereocenters. The fourth-order valence-electron chi connectivity index (χ4n) is 3.10. The fourth-order valence-corrected chi connectivity index (χ4v) is 3.49. The van der Waals surface area contributed by atoms with Crippen molar-refractivity contribution in [1.82, 2.24) is 20.3 Å². The van der Waals surface area contributed by atoms with Gasteiger partial charge in [0.1, 0.15) is 6.04 Å². The molecule has 2 bridgehead atoms. The lowest BCUT2D eigenvalue weighted by Crippen LogP contribution is -2.50. The fraction of sp³-hybridized carbons (Fsp3) is 0.500. The summed E-state index contributed by atoms with van der Waals surface area (Å²) in [4.78, 5) is 29.8. The standard InChI is InChI=1S/C14H18N4O6S/c19-13(16-8-5-10-3-6-15-7-4-10)12-2-1-11-9-17(12)14(20)18(11)24-25(21,22)23/h3-4,6-7,11-12H,1-2,5,8-9H2,(H,16,19)(H,21,22,23). The number of carbonyl (C=O) groups excluding carboxylic acids is 2. The SMILES string of the molecule is O=C(NCCc1ccncc1)C1CCC2CN1C(=O)N2OS(=O)(=O)O. The van der Waals surface area contributed by atoms with E-state index in [0.717, 1.165) is 5.56 Å². The van der Waals surface area contributed by atoms with E-state index in [9.17, 15) is 18.0 Å². The van der Waals surface area contributed by atoms with Crippen molar-refractivity contribution in [2.45, 2.75) is 31.3 Å². The number of urea groups is 1. The minimum atomic E-state index is -4.79. The molecule has 10 nitrogen and oxygen atoms in total. The molecule has 2 N–H and O–H groups in total. The third-order valence-corrected chi connectivity index (χ3v) is 4.61. The van der Waals surface area contributed by atoms with Crippen LogP contribution in [-0.4, -0.2) is 65.0 Å². The summed E-state index contributed by atoms with van der Waals surface area (Å²) in [6.07, 6.45) is 4.77. The monoisotopic (exact) mass is 370 g/mol. The number of pyridine rings is 1. The van der Waals surface area contributed by atoms with Gasteiger partial charge in [-0.25, -0.2) is 4.79 Å². The van der Waals surface area contributed by atoms with Crippen LogP contribution in [-0.2, 0) is 25.9 Å². The number of hydrogen-bond acceptors (Lipinski definition) is 6. The van der Waals surface area contributed by atoms with Crippen LogP contribution in [0.4, 0.5) is 4.79 Å². The highest BCUT2D eigenvalue weighted by Crippen LogP contribution is 2.30. The van der Waals surface area contributed by atoms with E-state index in [1.165, 1.54) is 4.90 Å². The van der Waals surface area contributed by atoms with E-state index in [0.29, 0.717) is 30.9 Å². The quantitative estimate of drug-likeness (QED) is 0.660. The molecule has 136 valence electrons. The van der Waals surface area contributed by atoms with Gasteiger partial charge in [-0.15, -0.1) is 4.28 Å². The lowest BCUT2D eigenvalue weighted by Gasteiger charge is -2.29. The van der Waals surface area contributed by atoms with Crippen LogP contribution < -0.4 is 5.32 Å². The molecule has 3 amide bonds. The first-order chi connectivity index (χ1) is 11.8. The summed E-state index contributed by atoms with van der Waals surface area (Å²) in [5.41, 5.74) is 1.03. The molecule has 0 saturated carbocycles. The Labute approximate surface area is 144 Å². The number of aromatic nitrogens is 1. The maximum Gasteiger partial charge on any atom is 0.418 e. The molecule has 3 heterocycles. The molecule has 2 saturated heterocycles. The van der Waals surface area contributed by atoms with E-state index in [1.54, 1.807) is 12.4 Å². The number of amides is 3. The predicted molar refractivity (Wildman–Crippen MR) is 84.3 cm³/mol. The van der Waals surface area contributed by atoms with Crippen LogP contribution in [0, 0.1) is 0 Å². The van der Waals surface area contributed by atoms with Gasteiger partial charge in [-0.1, -0.05) is 0 Å². The van der Waals surface area contributed by atoms with Crippen LogP contribution in [0.2, 0.25) is 0 Å². The largest absolute Gasteiger partial charge is 0.418 e. The van der Waals surface area contributed by atoms with Crippen LogP contribution >= 0.6 is 0 Å². The number of rotatable bonds is 6. The lowest BCUT2D eigenvalue weighted by atomic mass is 10.0. The molecule has 2 aliphatic rings. The molecule has 0 radical (unpaired) electrons. The summed E-state index contributed by atoms with van der Waals surface area (Å²) in [5, 5.41) is 3.41. The van der Waals surface area contributed by atoms with E-state index in [1.807, 2.05) is 12.1 Å². The Morgan fingerprint density at radius 1 is 1.36 bits per heavy atom.